The van der Waals surface area contributed by atoms with Gasteiger partial charge in [0.25, 0.3) is 11.8 Å². The molecule has 2 amide bonds. The minimum atomic E-state index is -0.247. The number of anilines is 1. The highest BCUT2D eigenvalue weighted by molar-refractivity contribution is 7.17. The fraction of sp³-hybridized carbons (Fsp3) is 0.261. The van der Waals surface area contributed by atoms with Crippen molar-refractivity contribution in [3.05, 3.63) is 70.2 Å². The summed E-state index contributed by atoms with van der Waals surface area (Å²) in [5.41, 5.74) is 3.93. The van der Waals surface area contributed by atoms with Crippen LogP contribution < -0.4 is 10.6 Å². The van der Waals surface area contributed by atoms with Crippen LogP contribution in [0, 0.1) is 6.92 Å². The van der Waals surface area contributed by atoms with Crippen molar-refractivity contribution in [1.82, 2.24) is 10.3 Å². The zero-order chi connectivity index (χ0) is 20.4. The molecule has 0 unspecified atom stereocenters. The Labute approximate surface area is 174 Å². The number of carbonyl (C=O) groups excluding carboxylic acids is 2. The van der Waals surface area contributed by atoms with Gasteiger partial charge in [-0.3, -0.25) is 9.59 Å². The second kappa shape index (κ2) is 8.17. The van der Waals surface area contributed by atoms with Crippen LogP contribution in [0.4, 0.5) is 5.69 Å². The Kier molecular flexibility index (Phi) is 5.45. The summed E-state index contributed by atoms with van der Waals surface area (Å²) in [5.74, 6) is -0.399. The molecule has 1 fully saturated rings. The summed E-state index contributed by atoms with van der Waals surface area (Å²) in [5, 5.41) is 6.68. The Balaban J connectivity index is 1.55. The van der Waals surface area contributed by atoms with Gasteiger partial charge in [0.2, 0.25) is 0 Å². The first-order chi connectivity index (χ1) is 14.0. The van der Waals surface area contributed by atoms with E-state index < -0.39 is 0 Å². The lowest BCUT2D eigenvalue weighted by Crippen LogP contribution is -2.27. The predicted octanol–water partition coefficient (Wildman–Crippen LogP) is 4.83. The van der Waals surface area contributed by atoms with E-state index in [1.807, 2.05) is 25.1 Å². The molecule has 2 aromatic carbocycles. The molecule has 5 nitrogen and oxygen atoms in total. The minimum Gasteiger partial charge on any atom is -0.349 e. The minimum absolute atomic E-state index is 0.152. The normalized spacial score (nSPS) is 13.2. The van der Waals surface area contributed by atoms with Gasteiger partial charge in [0.05, 0.1) is 16.9 Å². The predicted molar refractivity (Wildman–Crippen MR) is 117 cm³/mol. The van der Waals surface area contributed by atoms with Crippen LogP contribution in [0.5, 0.6) is 0 Å². The molecule has 3 aromatic rings. The fourth-order valence-corrected chi connectivity index (χ4v) is 4.04. The van der Waals surface area contributed by atoms with Gasteiger partial charge in [0, 0.05) is 11.6 Å². The summed E-state index contributed by atoms with van der Waals surface area (Å²) in [7, 11) is 0. The molecule has 0 spiro atoms. The molecule has 1 saturated carbocycles. The van der Waals surface area contributed by atoms with E-state index in [4.69, 9.17) is 0 Å². The summed E-state index contributed by atoms with van der Waals surface area (Å²) in [6.07, 6.45) is 3.02. The summed E-state index contributed by atoms with van der Waals surface area (Å²) in [6.45, 7) is 3.95. The SMILES string of the molecule is CCc1ccc(-c2nc(C)c(C(=O)Nc3ccccc3C(=O)NC3CC3)s2)cc1. The Morgan fingerprint density at radius 1 is 1.07 bits per heavy atom. The first-order valence-electron chi connectivity index (χ1n) is 9.83. The van der Waals surface area contributed by atoms with Crippen molar-refractivity contribution in [3.8, 4) is 10.6 Å². The molecule has 0 aliphatic heterocycles. The van der Waals surface area contributed by atoms with E-state index >= 15 is 0 Å². The number of para-hydroxylation sites is 1. The Bertz CT molecular complexity index is 1050. The second-order valence-corrected chi connectivity index (χ2v) is 8.23. The molecule has 1 aromatic heterocycles. The maximum atomic E-state index is 12.9. The highest BCUT2D eigenvalue weighted by atomic mass is 32.1. The number of carbonyl (C=O) groups is 2. The summed E-state index contributed by atoms with van der Waals surface area (Å²) in [6, 6.07) is 15.6. The molecule has 1 aliphatic carbocycles. The molecule has 0 radical (unpaired) electrons. The highest BCUT2D eigenvalue weighted by Crippen LogP contribution is 2.29. The number of benzene rings is 2. The van der Waals surface area contributed by atoms with Crippen LogP contribution in [0.25, 0.3) is 10.6 Å². The van der Waals surface area contributed by atoms with Gasteiger partial charge in [-0.15, -0.1) is 11.3 Å². The molecule has 0 atom stereocenters. The average Bonchev–Trinajstić information content (AvgIpc) is 3.46. The molecule has 6 heteroatoms. The van der Waals surface area contributed by atoms with Crippen LogP contribution in [-0.2, 0) is 6.42 Å². The summed E-state index contributed by atoms with van der Waals surface area (Å²) in [4.78, 5) is 30.5. The molecular weight excluding hydrogens is 382 g/mol. The molecule has 0 bridgehead atoms. The molecule has 1 heterocycles. The van der Waals surface area contributed by atoms with Crippen molar-refractivity contribution in [2.75, 3.05) is 5.32 Å². The van der Waals surface area contributed by atoms with E-state index in [9.17, 15) is 9.59 Å². The van der Waals surface area contributed by atoms with Gasteiger partial charge in [0.1, 0.15) is 9.88 Å². The van der Waals surface area contributed by atoms with Crippen LogP contribution in [-0.4, -0.2) is 22.8 Å². The topological polar surface area (TPSA) is 71.1 Å². The Morgan fingerprint density at radius 2 is 1.79 bits per heavy atom. The number of aromatic nitrogens is 1. The lowest BCUT2D eigenvalue weighted by molar-refractivity contribution is 0.0952. The molecule has 148 valence electrons. The van der Waals surface area contributed by atoms with Crippen molar-refractivity contribution >= 4 is 28.8 Å². The summed E-state index contributed by atoms with van der Waals surface area (Å²) < 4.78 is 0. The lowest BCUT2D eigenvalue weighted by Gasteiger charge is -2.10. The molecule has 2 N–H and O–H groups in total. The average molecular weight is 406 g/mol. The Morgan fingerprint density at radius 3 is 2.48 bits per heavy atom. The number of nitrogens with one attached hydrogen (secondary N) is 2. The fourth-order valence-electron chi connectivity index (χ4n) is 3.07. The number of hydrogen-bond acceptors (Lipinski definition) is 4. The van der Waals surface area contributed by atoms with Crippen LogP contribution >= 0.6 is 11.3 Å². The standard InChI is InChI=1S/C23H23N3O2S/c1-3-15-8-10-16(11-9-15)23-24-14(2)20(29-23)22(28)26-19-7-5-4-6-18(19)21(27)25-17-12-13-17/h4-11,17H,3,12-13H2,1-2H3,(H,25,27)(H,26,28). The maximum absolute atomic E-state index is 12.9. The zero-order valence-corrected chi connectivity index (χ0v) is 17.3. The lowest BCUT2D eigenvalue weighted by atomic mass is 10.1. The van der Waals surface area contributed by atoms with Crippen molar-refractivity contribution < 1.29 is 9.59 Å². The van der Waals surface area contributed by atoms with Gasteiger partial charge in [-0.1, -0.05) is 43.3 Å². The van der Waals surface area contributed by atoms with Crippen molar-refractivity contribution in [1.29, 1.82) is 0 Å². The van der Waals surface area contributed by atoms with Crippen molar-refractivity contribution in [2.45, 2.75) is 39.2 Å². The van der Waals surface area contributed by atoms with E-state index in [-0.39, 0.29) is 17.9 Å². The third kappa shape index (κ3) is 4.38. The number of nitrogens with zero attached hydrogens (tertiary/aromatic N) is 1. The van der Waals surface area contributed by atoms with Gasteiger partial charge < -0.3 is 10.6 Å². The van der Waals surface area contributed by atoms with E-state index in [2.05, 4.69) is 34.7 Å². The molecule has 29 heavy (non-hydrogen) atoms. The van der Waals surface area contributed by atoms with Crippen LogP contribution in [0.3, 0.4) is 0 Å². The highest BCUT2D eigenvalue weighted by Gasteiger charge is 2.25. The van der Waals surface area contributed by atoms with Gasteiger partial charge in [-0.05, 0) is 43.9 Å². The number of rotatable bonds is 6. The second-order valence-electron chi connectivity index (χ2n) is 7.23. The molecule has 0 saturated heterocycles. The van der Waals surface area contributed by atoms with Crippen LogP contribution in [0.1, 0.15) is 51.1 Å². The third-order valence-electron chi connectivity index (χ3n) is 4.94. The van der Waals surface area contributed by atoms with Crippen LogP contribution in [0.15, 0.2) is 48.5 Å². The van der Waals surface area contributed by atoms with E-state index in [0.717, 1.165) is 29.8 Å². The van der Waals surface area contributed by atoms with E-state index in [1.165, 1.54) is 16.9 Å². The largest absolute Gasteiger partial charge is 0.349 e. The van der Waals surface area contributed by atoms with Gasteiger partial charge in [0.15, 0.2) is 0 Å². The first kappa shape index (κ1) is 19.3. The van der Waals surface area contributed by atoms with Gasteiger partial charge >= 0.3 is 0 Å². The van der Waals surface area contributed by atoms with E-state index in [0.29, 0.717) is 21.8 Å². The number of hydrogen-bond donors (Lipinski definition) is 2. The zero-order valence-electron chi connectivity index (χ0n) is 16.5. The Hall–Kier alpha value is -2.99. The molecule has 1 aliphatic rings. The number of aryl methyl sites for hydroxylation is 2. The summed E-state index contributed by atoms with van der Waals surface area (Å²) >= 11 is 1.36. The smallest absolute Gasteiger partial charge is 0.267 e. The van der Waals surface area contributed by atoms with Crippen molar-refractivity contribution in [3.63, 3.8) is 0 Å². The maximum Gasteiger partial charge on any atom is 0.267 e. The van der Waals surface area contributed by atoms with Gasteiger partial charge in [-0.2, -0.15) is 0 Å². The van der Waals surface area contributed by atoms with Gasteiger partial charge in [-0.25, -0.2) is 4.98 Å². The molecule has 4 rings (SSSR count). The number of thiazole rings is 1. The molecular formula is C23H23N3O2S. The van der Waals surface area contributed by atoms with Crippen LogP contribution in [0.2, 0.25) is 0 Å². The quantitative estimate of drug-likeness (QED) is 0.617. The monoisotopic (exact) mass is 405 g/mol. The first-order valence-corrected chi connectivity index (χ1v) is 10.6. The van der Waals surface area contributed by atoms with E-state index in [1.54, 1.807) is 18.2 Å². The van der Waals surface area contributed by atoms with Crippen molar-refractivity contribution in [2.24, 2.45) is 0 Å². The number of amides is 2. The third-order valence-corrected chi connectivity index (χ3v) is 6.15.